The fourth-order valence-electron chi connectivity index (χ4n) is 4.18. The van der Waals surface area contributed by atoms with E-state index in [4.69, 9.17) is 14.7 Å². The number of cyclic esters (lactones) is 1. The van der Waals surface area contributed by atoms with Gasteiger partial charge in [0.2, 0.25) is 0 Å². The standard InChI is InChI=1S/C24H20N4O4S/c1-13-7-19(26-9-15(13)8-25)22-27-10-21(33-22)23(29)28-5-6-31-20(11-28)16-3-4-17-18(14(16)2)12-32-24(17)30/h3-4,7,9-10,20H,5-6,11-12H2,1-2H3/t20-/m0/s1. The number of thiazole rings is 1. The Kier molecular flexibility index (Phi) is 5.40. The van der Waals surface area contributed by atoms with Crippen molar-refractivity contribution in [3.05, 3.63) is 68.9 Å². The van der Waals surface area contributed by atoms with E-state index in [-0.39, 0.29) is 24.6 Å². The second-order valence-electron chi connectivity index (χ2n) is 8.02. The van der Waals surface area contributed by atoms with E-state index in [1.54, 1.807) is 17.2 Å². The second kappa shape index (κ2) is 8.39. The minimum atomic E-state index is -0.297. The number of esters is 1. The van der Waals surface area contributed by atoms with Crippen LogP contribution in [0.4, 0.5) is 0 Å². The molecule has 8 nitrogen and oxygen atoms in total. The molecule has 1 amide bonds. The zero-order valence-electron chi connectivity index (χ0n) is 18.1. The summed E-state index contributed by atoms with van der Waals surface area (Å²) in [6.45, 7) is 5.40. The number of hydrogen-bond acceptors (Lipinski definition) is 8. The molecular weight excluding hydrogens is 440 g/mol. The number of amides is 1. The first-order valence-electron chi connectivity index (χ1n) is 10.5. The van der Waals surface area contributed by atoms with Gasteiger partial charge in [-0.25, -0.2) is 9.78 Å². The van der Waals surface area contributed by atoms with Crippen molar-refractivity contribution >= 4 is 23.2 Å². The van der Waals surface area contributed by atoms with E-state index in [0.29, 0.717) is 46.4 Å². The van der Waals surface area contributed by atoms with Gasteiger partial charge in [-0.1, -0.05) is 6.07 Å². The maximum absolute atomic E-state index is 13.2. The number of morpholine rings is 1. The predicted octanol–water partition coefficient (Wildman–Crippen LogP) is 3.58. The van der Waals surface area contributed by atoms with Crippen molar-refractivity contribution in [2.75, 3.05) is 19.7 Å². The number of carbonyl (C=O) groups excluding carboxylic acids is 2. The number of benzene rings is 1. The van der Waals surface area contributed by atoms with E-state index in [1.165, 1.54) is 17.5 Å². The molecule has 9 heteroatoms. The second-order valence-corrected chi connectivity index (χ2v) is 9.05. The van der Waals surface area contributed by atoms with Gasteiger partial charge in [-0.05, 0) is 42.7 Å². The van der Waals surface area contributed by atoms with Crippen LogP contribution < -0.4 is 0 Å². The molecule has 0 saturated carbocycles. The molecule has 0 bridgehead atoms. The van der Waals surface area contributed by atoms with Crippen LogP contribution in [0, 0.1) is 25.2 Å². The van der Waals surface area contributed by atoms with E-state index in [2.05, 4.69) is 16.0 Å². The summed E-state index contributed by atoms with van der Waals surface area (Å²) in [5.41, 5.74) is 5.40. The highest BCUT2D eigenvalue weighted by Crippen LogP contribution is 2.33. The Morgan fingerprint density at radius 2 is 2.12 bits per heavy atom. The third kappa shape index (κ3) is 3.77. The van der Waals surface area contributed by atoms with Crippen LogP contribution in [0.25, 0.3) is 10.7 Å². The molecule has 166 valence electrons. The van der Waals surface area contributed by atoms with Crippen LogP contribution in [0.15, 0.2) is 30.6 Å². The van der Waals surface area contributed by atoms with E-state index in [0.717, 1.165) is 22.3 Å². The molecule has 0 unspecified atom stereocenters. The molecule has 33 heavy (non-hydrogen) atoms. The summed E-state index contributed by atoms with van der Waals surface area (Å²) >= 11 is 1.28. The van der Waals surface area contributed by atoms with Crippen molar-refractivity contribution < 1.29 is 19.1 Å². The van der Waals surface area contributed by atoms with E-state index < -0.39 is 0 Å². The van der Waals surface area contributed by atoms with Crippen molar-refractivity contribution in [1.82, 2.24) is 14.9 Å². The number of rotatable bonds is 3. The summed E-state index contributed by atoms with van der Waals surface area (Å²) in [7, 11) is 0. The highest BCUT2D eigenvalue weighted by Gasteiger charge is 2.31. The molecule has 2 aliphatic heterocycles. The fraction of sp³-hybridized carbons (Fsp3) is 0.292. The molecule has 2 aromatic heterocycles. The summed E-state index contributed by atoms with van der Waals surface area (Å²) in [5.74, 6) is -0.399. The summed E-state index contributed by atoms with van der Waals surface area (Å²) in [5, 5.41) is 9.73. The van der Waals surface area contributed by atoms with Gasteiger partial charge in [-0.2, -0.15) is 5.26 Å². The molecule has 0 N–H and O–H groups in total. The van der Waals surface area contributed by atoms with Gasteiger partial charge in [0.25, 0.3) is 5.91 Å². The van der Waals surface area contributed by atoms with Crippen molar-refractivity contribution in [2.45, 2.75) is 26.6 Å². The Labute approximate surface area is 194 Å². The van der Waals surface area contributed by atoms with Crippen LogP contribution in [-0.4, -0.2) is 46.4 Å². The lowest BCUT2D eigenvalue weighted by atomic mass is 9.94. The number of fused-ring (bicyclic) bond motifs is 1. The summed E-state index contributed by atoms with van der Waals surface area (Å²) in [6, 6.07) is 7.58. The summed E-state index contributed by atoms with van der Waals surface area (Å²) in [4.78, 5) is 36.0. The van der Waals surface area contributed by atoms with Gasteiger partial charge in [0.05, 0.1) is 36.2 Å². The number of nitriles is 1. The van der Waals surface area contributed by atoms with Crippen LogP contribution in [0.5, 0.6) is 0 Å². The smallest absolute Gasteiger partial charge is 0.338 e. The minimum absolute atomic E-state index is 0.102. The van der Waals surface area contributed by atoms with Crippen LogP contribution in [-0.2, 0) is 16.1 Å². The molecule has 3 aromatic rings. The number of carbonyl (C=O) groups is 2. The SMILES string of the molecule is Cc1cc(-c2ncc(C(=O)N3CCO[C@H](c4ccc5c(c4C)COC5=O)C3)s2)ncc1C#N. The number of aromatic nitrogens is 2. The molecule has 2 aliphatic rings. The van der Waals surface area contributed by atoms with Gasteiger partial charge in [0.15, 0.2) is 0 Å². The summed E-state index contributed by atoms with van der Waals surface area (Å²) in [6.07, 6.45) is 2.82. The number of ether oxygens (including phenoxy) is 2. The highest BCUT2D eigenvalue weighted by atomic mass is 32.1. The Balaban J connectivity index is 1.35. The Bertz CT molecular complexity index is 1330. The molecule has 0 spiro atoms. The van der Waals surface area contributed by atoms with Gasteiger partial charge in [0.1, 0.15) is 28.7 Å². The average Bonchev–Trinajstić information content (AvgIpc) is 3.47. The average molecular weight is 461 g/mol. The molecule has 1 saturated heterocycles. The van der Waals surface area contributed by atoms with Gasteiger partial charge in [-0.3, -0.25) is 9.78 Å². The van der Waals surface area contributed by atoms with E-state index in [9.17, 15) is 9.59 Å². The maximum atomic E-state index is 13.2. The molecule has 1 fully saturated rings. The van der Waals surface area contributed by atoms with E-state index in [1.807, 2.05) is 26.0 Å². The molecule has 1 atom stereocenters. The van der Waals surface area contributed by atoms with Crippen molar-refractivity contribution in [3.63, 3.8) is 0 Å². The fourth-order valence-corrected chi connectivity index (χ4v) is 5.03. The molecule has 5 rings (SSSR count). The minimum Gasteiger partial charge on any atom is -0.457 e. The number of nitrogens with zero attached hydrogens (tertiary/aromatic N) is 4. The number of hydrogen-bond donors (Lipinski definition) is 0. The number of pyridine rings is 1. The molecular formula is C24H20N4O4S. The van der Waals surface area contributed by atoms with Crippen LogP contribution in [0.2, 0.25) is 0 Å². The summed E-state index contributed by atoms with van der Waals surface area (Å²) < 4.78 is 11.1. The van der Waals surface area contributed by atoms with Gasteiger partial charge in [0, 0.05) is 18.3 Å². The highest BCUT2D eigenvalue weighted by molar-refractivity contribution is 7.16. The van der Waals surface area contributed by atoms with E-state index >= 15 is 0 Å². The van der Waals surface area contributed by atoms with Gasteiger partial charge in [-0.15, -0.1) is 11.3 Å². The Morgan fingerprint density at radius 3 is 2.91 bits per heavy atom. The third-order valence-corrected chi connectivity index (χ3v) is 7.08. The zero-order valence-corrected chi connectivity index (χ0v) is 18.9. The third-order valence-electron chi connectivity index (χ3n) is 6.08. The Morgan fingerprint density at radius 1 is 1.27 bits per heavy atom. The maximum Gasteiger partial charge on any atom is 0.338 e. The molecule has 0 aliphatic carbocycles. The van der Waals surface area contributed by atoms with Gasteiger partial charge >= 0.3 is 5.97 Å². The first kappa shape index (κ1) is 21.2. The topological polar surface area (TPSA) is 105 Å². The largest absolute Gasteiger partial charge is 0.457 e. The lowest BCUT2D eigenvalue weighted by Crippen LogP contribution is -2.42. The lowest BCUT2D eigenvalue weighted by molar-refractivity contribution is -0.0229. The monoisotopic (exact) mass is 460 g/mol. The van der Waals surface area contributed by atoms with Gasteiger partial charge < -0.3 is 14.4 Å². The first-order chi connectivity index (χ1) is 16.0. The molecule has 1 aromatic carbocycles. The van der Waals surface area contributed by atoms with Crippen LogP contribution >= 0.6 is 11.3 Å². The van der Waals surface area contributed by atoms with Crippen LogP contribution in [0.3, 0.4) is 0 Å². The van der Waals surface area contributed by atoms with Crippen molar-refractivity contribution in [1.29, 1.82) is 5.26 Å². The Hall–Kier alpha value is -3.61. The quantitative estimate of drug-likeness (QED) is 0.550. The molecule has 4 heterocycles. The van der Waals surface area contributed by atoms with Crippen molar-refractivity contribution in [2.24, 2.45) is 0 Å². The first-order valence-corrected chi connectivity index (χ1v) is 11.3. The normalized spacial score (nSPS) is 17.4. The predicted molar refractivity (Wildman–Crippen MR) is 120 cm³/mol. The molecule has 0 radical (unpaired) electrons. The van der Waals surface area contributed by atoms with Crippen LogP contribution in [0.1, 0.15) is 54.0 Å². The number of aryl methyl sites for hydroxylation is 1. The van der Waals surface area contributed by atoms with Crippen molar-refractivity contribution in [3.8, 4) is 16.8 Å². The lowest BCUT2D eigenvalue weighted by Gasteiger charge is -2.33. The zero-order chi connectivity index (χ0) is 23.1.